The van der Waals surface area contributed by atoms with Crippen molar-refractivity contribution in [3.05, 3.63) is 81.2 Å². The third-order valence-corrected chi connectivity index (χ3v) is 6.03. The van der Waals surface area contributed by atoms with Gasteiger partial charge in [-0.15, -0.1) is 0 Å². The van der Waals surface area contributed by atoms with Gasteiger partial charge in [-0.1, -0.05) is 29.3 Å². The van der Waals surface area contributed by atoms with Crippen LogP contribution in [0.25, 0.3) is 11.1 Å². The van der Waals surface area contributed by atoms with Gasteiger partial charge in [0.2, 0.25) is 5.91 Å². The molecule has 196 valence electrons. The first-order chi connectivity index (χ1) is 17.4. The van der Waals surface area contributed by atoms with E-state index >= 15 is 0 Å². The zero-order valence-electron chi connectivity index (χ0n) is 22.1. The van der Waals surface area contributed by atoms with Gasteiger partial charge in [-0.2, -0.15) is 0 Å². The number of ketones is 1. The predicted molar refractivity (Wildman–Crippen MR) is 147 cm³/mol. The van der Waals surface area contributed by atoms with Crippen molar-refractivity contribution >= 4 is 29.0 Å². The number of Topliss-reactive ketones (excluding diaryl/α,β-unsaturated/α-hetero) is 1. The van der Waals surface area contributed by atoms with Gasteiger partial charge in [0.1, 0.15) is 11.8 Å². The molecule has 1 heterocycles. The lowest BCUT2D eigenvalue weighted by Gasteiger charge is -2.24. The van der Waals surface area contributed by atoms with Crippen LogP contribution in [0.15, 0.2) is 59.5 Å². The molecule has 1 unspecified atom stereocenters. The van der Waals surface area contributed by atoms with Crippen LogP contribution in [0.5, 0.6) is 5.75 Å². The Morgan fingerprint density at radius 3 is 2.32 bits per heavy atom. The number of halogens is 1. The molecule has 0 aliphatic heterocycles. The molecule has 1 aromatic heterocycles. The lowest BCUT2D eigenvalue weighted by Crippen LogP contribution is -2.34. The summed E-state index contributed by atoms with van der Waals surface area (Å²) < 4.78 is 12.8. The van der Waals surface area contributed by atoms with Crippen LogP contribution in [0, 0.1) is 6.92 Å². The molecule has 3 aromatic rings. The molecular formula is C29H33ClN2O5. The van der Waals surface area contributed by atoms with Crippen molar-refractivity contribution in [2.75, 3.05) is 19.0 Å². The highest BCUT2D eigenvalue weighted by Crippen LogP contribution is 2.34. The average molecular weight is 525 g/mol. The summed E-state index contributed by atoms with van der Waals surface area (Å²) in [6.45, 7) is 9.45. The number of nitrogens with zero attached hydrogens (tertiary/aromatic N) is 1. The zero-order valence-corrected chi connectivity index (χ0v) is 22.8. The number of ether oxygens (including phenoxy) is 2. The molecular weight excluding hydrogens is 492 g/mol. The molecule has 0 fully saturated rings. The quantitative estimate of drug-likeness (QED) is 0.343. The summed E-state index contributed by atoms with van der Waals surface area (Å²) in [4.78, 5) is 39.1. The first-order valence-corrected chi connectivity index (χ1v) is 12.4. The maximum atomic E-state index is 13.4. The van der Waals surface area contributed by atoms with E-state index in [0.717, 1.165) is 5.56 Å². The minimum absolute atomic E-state index is 0.174. The van der Waals surface area contributed by atoms with Gasteiger partial charge in [-0.3, -0.25) is 19.0 Å². The third-order valence-electron chi connectivity index (χ3n) is 5.80. The number of rotatable bonds is 9. The molecule has 0 radical (unpaired) electrons. The smallest absolute Gasteiger partial charge is 0.252 e. The Morgan fingerprint density at radius 1 is 1.05 bits per heavy atom. The zero-order chi connectivity index (χ0) is 27.3. The second-order valence-electron chi connectivity index (χ2n) is 9.87. The highest BCUT2D eigenvalue weighted by atomic mass is 35.5. The number of hydrogen-bond donors (Lipinski definition) is 1. The Balaban J connectivity index is 2.07. The van der Waals surface area contributed by atoms with Crippen molar-refractivity contribution in [1.82, 2.24) is 4.57 Å². The van der Waals surface area contributed by atoms with E-state index in [4.69, 9.17) is 21.1 Å². The fourth-order valence-electron chi connectivity index (χ4n) is 3.93. The fourth-order valence-corrected chi connectivity index (χ4v) is 4.10. The van der Waals surface area contributed by atoms with E-state index in [9.17, 15) is 14.4 Å². The number of methoxy groups -OCH3 is 1. The topological polar surface area (TPSA) is 86.6 Å². The fraction of sp³-hybridized carbons (Fsp3) is 0.345. The predicted octanol–water partition coefficient (Wildman–Crippen LogP) is 6.07. The highest BCUT2D eigenvalue weighted by Gasteiger charge is 2.25. The first kappa shape index (κ1) is 28.2. The summed E-state index contributed by atoms with van der Waals surface area (Å²) in [6.07, 6.45) is 1.76. The summed E-state index contributed by atoms with van der Waals surface area (Å²) in [7, 11) is 1.47. The van der Waals surface area contributed by atoms with Gasteiger partial charge < -0.3 is 14.8 Å². The van der Waals surface area contributed by atoms with Crippen molar-refractivity contribution in [1.29, 1.82) is 0 Å². The number of benzene rings is 2. The lowest BCUT2D eigenvalue weighted by molar-refractivity contribution is -0.120. The van der Waals surface area contributed by atoms with Crippen molar-refractivity contribution in [2.24, 2.45) is 0 Å². The van der Waals surface area contributed by atoms with Crippen LogP contribution in [0.4, 0.5) is 5.69 Å². The molecule has 2 aromatic carbocycles. The number of hydrogen-bond acceptors (Lipinski definition) is 5. The molecule has 0 bridgehead atoms. The van der Waals surface area contributed by atoms with Crippen molar-refractivity contribution < 1.29 is 19.1 Å². The molecule has 37 heavy (non-hydrogen) atoms. The molecule has 0 saturated carbocycles. The number of carbonyl (C=O) groups excluding carboxylic acids is 2. The van der Waals surface area contributed by atoms with E-state index in [1.165, 1.54) is 30.9 Å². The van der Waals surface area contributed by atoms with E-state index in [1.807, 2.05) is 52.0 Å². The summed E-state index contributed by atoms with van der Waals surface area (Å²) >= 11 is 6.21. The van der Waals surface area contributed by atoms with Crippen LogP contribution in [0.1, 0.15) is 56.1 Å². The molecule has 0 spiro atoms. The maximum absolute atomic E-state index is 13.4. The SMILES string of the molecule is COc1cn(C(CCOC(C)(C)C)C(=O)Nc2ccc(C)cc2)c(=O)cc1-c1cc(Cl)ccc1C(C)=O. The molecule has 0 aliphatic rings. The molecule has 8 heteroatoms. The van der Waals surface area contributed by atoms with E-state index in [2.05, 4.69) is 5.32 Å². The van der Waals surface area contributed by atoms with Gasteiger partial charge in [0.15, 0.2) is 5.78 Å². The van der Waals surface area contributed by atoms with Gasteiger partial charge in [-0.25, -0.2) is 0 Å². The van der Waals surface area contributed by atoms with E-state index in [-0.39, 0.29) is 24.7 Å². The second kappa shape index (κ2) is 11.8. The number of aromatic nitrogens is 1. The van der Waals surface area contributed by atoms with Crippen LogP contribution >= 0.6 is 11.6 Å². The van der Waals surface area contributed by atoms with E-state index in [1.54, 1.807) is 18.2 Å². The monoisotopic (exact) mass is 524 g/mol. The number of aryl methyl sites for hydroxylation is 1. The number of pyridine rings is 1. The normalized spacial score (nSPS) is 12.2. The Hall–Kier alpha value is -3.42. The molecule has 1 atom stereocenters. The molecule has 0 aliphatic carbocycles. The van der Waals surface area contributed by atoms with E-state index in [0.29, 0.717) is 33.1 Å². The van der Waals surface area contributed by atoms with Gasteiger partial charge >= 0.3 is 0 Å². The van der Waals surface area contributed by atoms with Gasteiger partial charge in [0, 0.05) is 40.9 Å². The number of anilines is 1. The molecule has 3 rings (SSSR count). The summed E-state index contributed by atoms with van der Waals surface area (Å²) in [5.74, 6) is -0.202. The van der Waals surface area contributed by atoms with Crippen LogP contribution in [0.2, 0.25) is 5.02 Å². The second-order valence-corrected chi connectivity index (χ2v) is 10.3. The van der Waals surface area contributed by atoms with Crippen molar-refractivity contribution in [2.45, 2.75) is 52.7 Å². The Labute approximate surface area is 222 Å². The molecule has 1 N–H and O–H groups in total. The minimum Gasteiger partial charge on any atom is -0.495 e. The van der Waals surface area contributed by atoms with Crippen molar-refractivity contribution in [3.63, 3.8) is 0 Å². The average Bonchev–Trinajstić information content (AvgIpc) is 2.82. The minimum atomic E-state index is -0.870. The summed E-state index contributed by atoms with van der Waals surface area (Å²) in [5.41, 5.74) is 2.17. The van der Waals surface area contributed by atoms with Crippen LogP contribution in [-0.4, -0.2) is 35.6 Å². The molecule has 7 nitrogen and oxygen atoms in total. The lowest BCUT2D eigenvalue weighted by atomic mass is 9.97. The molecule has 0 saturated heterocycles. The van der Waals surface area contributed by atoms with Crippen LogP contribution < -0.4 is 15.6 Å². The summed E-state index contributed by atoms with van der Waals surface area (Å²) in [5, 5.41) is 3.32. The number of amides is 1. The Kier molecular flexibility index (Phi) is 8.94. The van der Waals surface area contributed by atoms with E-state index < -0.39 is 17.2 Å². The van der Waals surface area contributed by atoms with Crippen molar-refractivity contribution in [3.8, 4) is 16.9 Å². The largest absolute Gasteiger partial charge is 0.495 e. The van der Waals surface area contributed by atoms with Gasteiger partial charge in [-0.05, 0) is 70.5 Å². The highest BCUT2D eigenvalue weighted by molar-refractivity contribution is 6.31. The third kappa shape index (κ3) is 7.31. The van der Waals surface area contributed by atoms with Gasteiger partial charge in [0.05, 0.1) is 18.9 Å². The summed E-state index contributed by atoms with van der Waals surface area (Å²) in [6, 6.07) is 12.8. The first-order valence-electron chi connectivity index (χ1n) is 12.0. The van der Waals surface area contributed by atoms with Crippen LogP contribution in [0.3, 0.4) is 0 Å². The molecule has 1 amide bonds. The standard InChI is InChI=1S/C29H33ClN2O5/c1-18-7-10-21(11-8-18)31-28(35)25(13-14-37-29(3,4)5)32-17-26(36-6)24(16-27(32)34)23-15-20(30)9-12-22(23)19(2)33/h7-12,15-17,25H,13-14H2,1-6H3,(H,31,35). The maximum Gasteiger partial charge on any atom is 0.252 e. The van der Waals surface area contributed by atoms with Gasteiger partial charge in [0.25, 0.3) is 5.56 Å². The van der Waals surface area contributed by atoms with Crippen LogP contribution in [-0.2, 0) is 9.53 Å². The Bertz CT molecular complexity index is 1340. The number of carbonyl (C=O) groups is 2. The number of nitrogens with one attached hydrogen (secondary N) is 1. The Morgan fingerprint density at radius 2 is 1.73 bits per heavy atom.